The number of benzene rings is 1. The van der Waals surface area contributed by atoms with Crippen molar-refractivity contribution in [3.8, 4) is 0 Å². The van der Waals surface area contributed by atoms with E-state index in [4.69, 9.17) is 0 Å². The zero-order valence-corrected chi connectivity index (χ0v) is 12.7. The first-order valence-electron chi connectivity index (χ1n) is 7.23. The third-order valence-electron chi connectivity index (χ3n) is 3.63. The normalized spacial score (nSPS) is 20.0. The lowest BCUT2D eigenvalue weighted by atomic mass is 10.1. The van der Waals surface area contributed by atoms with Gasteiger partial charge in [0, 0.05) is 31.4 Å². The summed E-state index contributed by atoms with van der Waals surface area (Å²) in [4.78, 5) is 2.38. The van der Waals surface area contributed by atoms with Crippen molar-refractivity contribution in [3.05, 3.63) is 35.9 Å². The molecule has 0 radical (unpaired) electrons. The van der Waals surface area contributed by atoms with Crippen molar-refractivity contribution in [2.75, 3.05) is 31.9 Å². The first-order chi connectivity index (χ1) is 10.0. The van der Waals surface area contributed by atoms with Crippen LogP contribution in [0.1, 0.15) is 12.0 Å². The van der Waals surface area contributed by atoms with Gasteiger partial charge in [-0.15, -0.1) is 0 Å². The van der Waals surface area contributed by atoms with E-state index in [-0.39, 0.29) is 17.5 Å². The molecule has 6 heteroatoms. The van der Waals surface area contributed by atoms with Crippen LogP contribution in [0.4, 0.5) is 13.2 Å². The number of thioether (sulfide) groups is 1. The molecule has 118 valence electrons. The average Bonchev–Trinajstić information content (AvgIpc) is 2.89. The second-order valence-electron chi connectivity index (χ2n) is 5.27. The summed E-state index contributed by atoms with van der Waals surface area (Å²) in [6.45, 7) is 3.39. The summed E-state index contributed by atoms with van der Waals surface area (Å²) in [5, 5.41) is 3.22. The quantitative estimate of drug-likeness (QED) is 0.778. The Bertz CT molecular complexity index is 411. The standard InChI is InChI=1S/C15H21F3N2S/c16-15(17,18)21-11-8-19-14-7-10-20(12-14)9-6-13-4-2-1-3-5-13/h1-5,14,19H,6-12H2. The zero-order chi connectivity index (χ0) is 15.1. The van der Waals surface area contributed by atoms with Crippen LogP contribution in [0.15, 0.2) is 30.3 Å². The number of likely N-dealkylation sites (tertiary alicyclic amines) is 1. The van der Waals surface area contributed by atoms with Crippen LogP contribution in [0.5, 0.6) is 0 Å². The van der Waals surface area contributed by atoms with Crippen LogP contribution in [-0.4, -0.2) is 48.4 Å². The third kappa shape index (κ3) is 6.72. The second kappa shape index (κ2) is 8.06. The number of halogens is 3. The predicted molar refractivity (Wildman–Crippen MR) is 81.5 cm³/mol. The molecule has 1 aliphatic heterocycles. The molecule has 21 heavy (non-hydrogen) atoms. The first-order valence-corrected chi connectivity index (χ1v) is 8.22. The Morgan fingerprint density at radius 2 is 2.00 bits per heavy atom. The minimum absolute atomic E-state index is 0.0492. The fourth-order valence-corrected chi connectivity index (χ4v) is 3.02. The summed E-state index contributed by atoms with van der Waals surface area (Å²) in [5.41, 5.74) is -2.78. The van der Waals surface area contributed by atoms with E-state index in [0.717, 1.165) is 32.5 Å². The van der Waals surface area contributed by atoms with E-state index in [1.807, 2.05) is 18.2 Å². The highest BCUT2D eigenvalue weighted by molar-refractivity contribution is 8.00. The fourth-order valence-electron chi connectivity index (χ4n) is 2.56. The van der Waals surface area contributed by atoms with E-state index in [2.05, 4.69) is 22.3 Å². The largest absolute Gasteiger partial charge is 0.441 e. The van der Waals surface area contributed by atoms with Crippen molar-refractivity contribution in [2.24, 2.45) is 0 Å². The van der Waals surface area contributed by atoms with Gasteiger partial charge in [0.05, 0.1) is 0 Å². The van der Waals surface area contributed by atoms with E-state index in [0.29, 0.717) is 12.6 Å². The highest BCUT2D eigenvalue weighted by Gasteiger charge is 2.28. The van der Waals surface area contributed by atoms with Gasteiger partial charge < -0.3 is 10.2 Å². The maximum Gasteiger partial charge on any atom is 0.441 e. The lowest BCUT2D eigenvalue weighted by Crippen LogP contribution is -2.34. The SMILES string of the molecule is FC(F)(F)SCCNC1CCN(CCc2ccccc2)C1. The molecule has 1 fully saturated rings. The fraction of sp³-hybridized carbons (Fsp3) is 0.600. The Kier molecular flexibility index (Phi) is 6.39. The maximum atomic E-state index is 12.0. The summed E-state index contributed by atoms with van der Waals surface area (Å²) < 4.78 is 36.0. The number of hydrogen-bond acceptors (Lipinski definition) is 3. The van der Waals surface area contributed by atoms with E-state index in [9.17, 15) is 13.2 Å². The monoisotopic (exact) mass is 318 g/mol. The number of rotatable bonds is 7. The molecule has 1 heterocycles. The third-order valence-corrected chi connectivity index (χ3v) is 4.37. The molecule has 0 aliphatic carbocycles. The zero-order valence-electron chi connectivity index (χ0n) is 11.9. The maximum absolute atomic E-state index is 12.0. The molecule has 0 bridgehead atoms. The Hall–Kier alpha value is -0.720. The molecule has 0 spiro atoms. The molecule has 2 rings (SSSR count). The van der Waals surface area contributed by atoms with Crippen LogP contribution in [0.2, 0.25) is 0 Å². The van der Waals surface area contributed by atoms with Crippen LogP contribution in [0, 0.1) is 0 Å². The first kappa shape index (κ1) is 16.6. The predicted octanol–water partition coefficient (Wildman–Crippen LogP) is 3.15. The minimum Gasteiger partial charge on any atom is -0.312 e. The molecule has 1 N–H and O–H groups in total. The molecular formula is C15H21F3N2S. The van der Waals surface area contributed by atoms with Crippen LogP contribution < -0.4 is 5.32 Å². The molecule has 1 aromatic rings. The Morgan fingerprint density at radius 3 is 2.71 bits per heavy atom. The van der Waals surface area contributed by atoms with Crippen molar-refractivity contribution in [1.82, 2.24) is 10.2 Å². The van der Waals surface area contributed by atoms with Gasteiger partial charge in [-0.1, -0.05) is 30.3 Å². The van der Waals surface area contributed by atoms with Crippen molar-refractivity contribution in [3.63, 3.8) is 0 Å². The molecule has 1 aromatic carbocycles. The molecule has 0 saturated carbocycles. The molecule has 0 amide bonds. The van der Waals surface area contributed by atoms with Crippen molar-refractivity contribution in [2.45, 2.75) is 24.4 Å². The highest BCUT2D eigenvalue weighted by Crippen LogP contribution is 2.29. The van der Waals surface area contributed by atoms with E-state index < -0.39 is 5.51 Å². The number of alkyl halides is 3. The molecule has 1 unspecified atom stereocenters. The van der Waals surface area contributed by atoms with Gasteiger partial charge in [-0.3, -0.25) is 0 Å². The van der Waals surface area contributed by atoms with E-state index >= 15 is 0 Å². The van der Waals surface area contributed by atoms with Crippen LogP contribution in [0.3, 0.4) is 0 Å². The van der Waals surface area contributed by atoms with Gasteiger partial charge in [-0.2, -0.15) is 13.2 Å². The van der Waals surface area contributed by atoms with Gasteiger partial charge >= 0.3 is 5.51 Å². The number of hydrogen-bond donors (Lipinski definition) is 1. The second-order valence-corrected chi connectivity index (χ2v) is 6.43. The average molecular weight is 318 g/mol. The van der Waals surface area contributed by atoms with Gasteiger partial charge in [0.1, 0.15) is 0 Å². The number of nitrogens with zero attached hydrogens (tertiary/aromatic N) is 1. The van der Waals surface area contributed by atoms with Gasteiger partial charge in [0.2, 0.25) is 0 Å². The van der Waals surface area contributed by atoms with Gasteiger partial charge in [-0.25, -0.2) is 0 Å². The Morgan fingerprint density at radius 1 is 1.24 bits per heavy atom. The van der Waals surface area contributed by atoms with Crippen molar-refractivity contribution < 1.29 is 13.2 Å². The molecular weight excluding hydrogens is 297 g/mol. The Labute approximate surface area is 128 Å². The van der Waals surface area contributed by atoms with Crippen molar-refractivity contribution >= 4 is 11.8 Å². The Balaban J connectivity index is 1.58. The smallest absolute Gasteiger partial charge is 0.312 e. The van der Waals surface area contributed by atoms with Gasteiger partial charge in [0.25, 0.3) is 0 Å². The molecule has 1 atom stereocenters. The number of nitrogens with one attached hydrogen (secondary N) is 1. The molecule has 1 saturated heterocycles. The topological polar surface area (TPSA) is 15.3 Å². The lowest BCUT2D eigenvalue weighted by Gasteiger charge is -2.16. The highest BCUT2D eigenvalue weighted by atomic mass is 32.2. The van der Waals surface area contributed by atoms with Gasteiger partial charge in [0.15, 0.2) is 0 Å². The lowest BCUT2D eigenvalue weighted by molar-refractivity contribution is -0.0327. The van der Waals surface area contributed by atoms with Gasteiger partial charge in [-0.05, 0) is 36.7 Å². The summed E-state index contributed by atoms with van der Waals surface area (Å²) >= 11 is 0.0492. The molecule has 2 nitrogen and oxygen atoms in total. The molecule has 1 aliphatic rings. The van der Waals surface area contributed by atoms with Crippen LogP contribution >= 0.6 is 11.8 Å². The summed E-state index contributed by atoms with van der Waals surface area (Å²) in [5.74, 6) is 0.0873. The van der Waals surface area contributed by atoms with Crippen LogP contribution in [0.25, 0.3) is 0 Å². The van der Waals surface area contributed by atoms with Crippen LogP contribution in [-0.2, 0) is 6.42 Å². The summed E-state index contributed by atoms with van der Waals surface area (Å²) in [7, 11) is 0. The van der Waals surface area contributed by atoms with E-state index in [1.165, 1.54) is 5.56 Å². The van der Waals surface area contributed by atoms with Crippen molar-refractivity contribution in [1.29, 1.82) is 0 Å². The minimum atomic E-state index is -4.11. The summed E-state index contributed by atoms with van der Waals surface area (Å²) in [6.07, 6.45) is 2.04. The molecule has 0 aromatic heterocycles. The van der Waals surface area contributed by atoms with E-state index in [1.54, 1.807) is 0 Å². The summed E-state index contributed by atoms with van der Waals surface area (Å²) in [6, 6.07) is 10.7.